The summed E-state index contributed by atoms with van der Waals surface area (Å²) in [5.74, 6) is -0.980. The number of alkyl halides is 3. The second kappa shape index (κ2) is 5.15. The van der Waals surface area contributed by atoms with E-state index >= 15 is 0 Å². The van der Waals surface area contributed by atoms with Gasteiger partial charge in [0.05, 0.1) is 29.6 Å². The van der Waals surface area contributed by atoms with Crippen molar-refractivity contribution in [2.24, 2.45) is 0 Å². The van der Waals surface area contributed by atoms with E-state index in [1.54, 1.807) is 17.6 Å². The number of nitrogens with zero attached hydrogens (tertiary/aromatic N) is 2. The lowest BCUT2D eigenvalue weighted by atomic mass is 10.1. The molecule has 0 unspecified atom stereocenters. The number of imidazole rings is 1. The van der Waals surface area contributed by atoms with Gasteiger partial charge in [0.1, 0.15) is 0 Å². The third-order valence-electron chi connectivity index (χ3n) is 3.53. The molecule has 0 saturated heterocycles. The lowest BCUT2D eigenvalue weighted by molar-refractivity contribution is -0.138. The predicted octanol–water partition coefficient (Wildman–Crippen LogP) is 3.28. The Bertz CT molecular complexity index is 876. The Hall–Kier alpha value is -2.77. The monoisotopic (exact) mass is 323 g/mol. The van der Waals surface area contributed by atoms with Crippen molar-refractivity contribution in [2.75, 3.05) is 0 Å². The second-order valence-corrected chi connectivity index (χ2v) is 5.18. The quantitative estimate of drug-likeness (QED) is 0.777. The fraction of sp³-hybridized carbons (Fsp3) is 0.200. The van der Waals surface area contributed by atoms with Crippen molar-refractivity contribution in [3.63, 3.8) is 0 Å². The summed E-state index contributed by atoms with van der Waals surface area (Å²) in [5.41, 5.74) is 2.23. The number of aliphatic carboxylic acids is 1. The lowest BCUT2D eigenvalue weighted by Gasteiger charge is -2.07. The smallest absolute Gasteiger partial charge is 0.416 e. The Kier molecular flexibility index (Phi) is 3.39. The number of rotatable bonds is 3. The first-order valence-corrected chi connectivity index (χ1v) is 6.71. The van der Waals surface area contributed by atoms with Crippen molar-refractivity contribution in [1.82, 2.24) is 14.6 Å². The van der Waals surface area contributed by atoms with Crippen LogP contribution in [0.25, 0.3) is 16.9 Å². The molecule has 0 spiro atoms. The molecule has 2 aromatic heterocycles. The number of hydrogen-bond donors (Lipinski definition) is 2. The summed E-state index contributed by atoms with van der Waals surface area (Å²) in [5, 5.41) is 11.8. The molecule has 3 rings (SSSR count). The van der Waals surface area contributed by atoms with Gasteiger partial charge in [0.15, 0.2) is 5.65 Å². The van der Waals surface area contributed by atoms with Gasteiger partial charge >= 0.3 is 12.1 Å². The average Bonchev–Trinajstić information content (AvgIpc) is 2.97. The van der Waals surface area contributed by atoms with Crippen molar-refractivity contribution < 1.29 is 23.1 Å². The fourth-order valence-corrected chi connectivity index (χ4v) is 2.44. The molecule has 0 atom stereocenters. The van der Waals surface area contributed by atoms with E-state index in [4.69, 9.17) is 5.11 Å². The van der Waals surface area contributed by atoms with E-state index in [2.05, 4.69) is 10.1 Å². The number of halogens is 3. The van der Waals surface area contributed by atoms with Crippen molar-refractivity contribution in [3.8, 4) is 11.3 Å². The minimum atomic E-state index is -4.37. The second-order valence-electron chi connectivity index (χ2n) is 5.18. The zero-order chi connectivity index (χ0) is 16.8. The number of hydrogen-bond acceptors (Lipinski definition) is 2. The minimum Gasteiger partial charge on any atom is -0.481 e. The molecule has 2 N–H and O–H groups in total. The zero-order valence-electron chi connectivity index (χ0n) is 12.0. The summed E-state index contributed by atoms with van der Waals surface area (Å²) in [6.07, 6.45) is -3.00. The summed E-state index contributed by atoms with van der Waals surface area (Å²) in [6, 6.07) is 4.82. The largest absolute Gasteiger partial charge is 0.481 e. The highest BCUT2D eigenvalue weighted by Crippen LogP contribution is 2.32. The van der Waals surface area contributed by atoms with Gasteiger partial charge in [-0.3, -0.25) is 9.89 Å². The Morgan fingerprint density at radius 3 is 2.48 bits per heavy atom. The number of H-pyrrole nitrogens is 1. The molecule has 0 amide bonds. The Morgan fingerprint density at radius 2 is 1.96 bits per heavy atom. The van der Waals surface area contributed by atoms with Gasteiger partial charge in [-0.1, -0.05) is 12.1 Å². The number of aromatic nitrogens is 3. The van der Waals surface area contributed by atoms with Gasteiger partial charge in [-0.25, -0.2) is 9.50 Å². The first-order valence-electron chi connectivity index (χ1n) is 6.71. The number of carbonyl (C=O) groups is 1. The molecule has 1 aromatic carbocycles. The van der Waals surface area contributed by atoms with Crippen LogP contribution in [0.2, 0.25) is 0 Å². The van der Waals surface area contributed by atoms with Crippen molar-refractivity contribution in [3.05, 3.63) is 47.3 Å². The number of benzene rings is 1. The number of carboxylic acid groups (broad SMARTS) is 1. The summed E-state index contributed by atoms with van der Waals surface area (Å²) in [7, 11) is 0. The van der Waals surface area contributed by atoms with Crippen LogP contribution in [0.3, 0.4) is 0 Å². The van der Waals surface area contributed by atoms with E-state index in [9.17, 15) is 18.0 Å². The van der Waals surface area contributed by atoms with Gasteiger partial charge in [-0.15, -0.1) is 0 Å². The third kappa shape index (κ3) is 2.79. The number of fused-ring (bicyclic) bond motifs is 1. The van der Waals surface area contributed by atoms with Crippen LogP contribution < -0.4 is 0 Å². The van der Waals surface area contributed by atoms with Gasteiger partial charge in [-0.05, 0) is 24.6 Å². The van der Waals surface area contributed by atoms with Gasteiger partial charge in [-0.2, -0.15) is 13.2 Å². The van der Waals surface area contributed by atoms with Crippen LogP contribution in [0.15, 0.2) is 30.5 Å². The standard InChI is InChI=1S/C15H12F3N3O2/c1-8-13(9-2-4-10(5-3-9)15(16,17)18)20-21-7-11(6-12(22)23)19-14(8)21/h2-5,7,20H,6H2,1H3,(H,22,23). The molecule has 0 radical (unpaired) electrons. The predicted molar refractivity (Wildman–Crippen MR) is 76.1 cm³/mol. The number of aryl methyl sites for hydroxylation is 1. The van der Waals surface area contributed by atoms with Crippen LogP contribution in [0.4, 0.5) is 13.2 Å². The van der Waals surface area contributed by atoms with Gasteiger partial charge in [0.25, 0.3) is 0 Å². The van der Waals surface area contributed by atoms with Gasteiger partial charge in [0.2, 0.25) is 0 Å². The highest BCUT2D eigenvalue weighted by Gasteiger charge is 2.30. The molecule has 0 aliphatic rings. The molecule has 3 aromatic rings. The van der Waals surface area contributed by atoms with Crippen LogP contribution in [-0.4, -0.2) is 25.7 Å². The maximum atomic E-state index is 12.6. The van der Waals surface area contributed by atoms with E-state index < -0.39 is 17.7 Å². The minimum absolute atomic E-state index is 0.190. The molecule has 0 aliphatic heterocycles. The Balaban J connectivity index is 1.98. The van der Waals surface area contributed by atoms with E-state index in [1.165, 1.54) is 12.1 Å². The third-order valence-corrected chi connectivity index (χ3v) is 3.53. The van der Waals surface area contributed by atoms with E-state index in [1.807, 2.05) is 0 Å². The fourth-order valence-electron chi connectivity index (χ4n) is 2.44. The van der Waals surface area contributed by atoms with Crippen LogP contribution in [0, 0.1) is 6.92 Å². The lowest BCUT2D eigenvalue weighted by Crippen LogP contribution is -2.04. The van der Waals surface area contributed by atoms with Crippen molar-refractivity contribution >= 4 is 11.6 Å². The molecule has 120 valence electrons. The van der Waals surface area contributed by atoms with Crippen LogP contribution >= 0.6 is 0 Å². The van der Waals surface area contributed by atoms with E-state index in [0.29, 0.717) is 22.6 Å². The van der Waals surface area contributed by atoms with Crippen LogP contribution in [0.5, 0.6) is 0 Å². The molecule has 0 bridgehead atoms. The van der Waals surface area contributed by atoms with Gasteiger partial charge in [0, 0.05) is 5.56 Å². The molecule has 0 saturated carbocycles. The summed E-state index contributed by atoms with van der Waals surface area (Å²) >= 11 is 0. The first kappa shape index (κ1) is 15.1. The SMILES string of the molecule is Cc1c(-c2ccc(C(F)(F)F)cc2)[nH]n2cc(CC(=O)O)nc12. The van der Waals surface area contributed by atoms with Crippen LogP contribution in [0.1, 0.15) is 16.8 Å². The molecule has 23 heavy (non-hydrogen) atoms. The van der Waals surface area contributed by atoms with Gasteiger partial charge < -0.3 is 5.11 Å². The normalized spacial score (nSPS) is 12.0. The number of aromatic amines is 1. The van der Waals surface area contributed by atoms with Crippen LogP contribution in [-0.2, 0) is 17.4 Å². The summed E-state index contributed by atoms with van der Waals surface area (Å²) in [6.45, 7) is 1.77. The van der Waals surface area contributed by atoms with Crippen molar-refractivity contribution in [1.29, 1.82) is 0 Å². The molecular weight excluding hydrogens is 311 g/mol. The summed E-state index contributed by atoms with van der Waals surface area (Å²) in [4.78, 5) is 14.9. The van der Waals surface area contributed by atoms with E-state index in [-0.39, 0.29) is 6.42 Å². The molecule has 2 heterocycles. The average molecular weight is 323 g/mol. The van der Waals surface area contributed by atoms with E-state index in [0.717, 1.165) is 17.7 Å². The molecule has 0 fully saturated rings. The zero-order valence-corrected chi connectivity index (χ0v) is 12.0. The topological polar surface area (TPSA) is 70.4 Å². The van der Waals surface area contributed by atoms with Crippen molar-refractivity contribution in [2.45, 2.75) is 19.5 Å². The highest BCUT2D eigenvalue weighted by atomic mass is 19.4. The molecule has 8 heteroatoms. The molecule has 0 aliphatic carbocycles. The Labute approximate surface area is 128 Å². The highest BCUT2D eigenvalue weighted by molar-refractivity contribution is 5.72. The molecule has 5 nitrogen and oxygen atoms in total. The summed E-state index contributed by atoms with van der Waals surface area (Å²) < 4.78 is 39.4. The number of nitrogens with one attached hydrogen (secondary N) is 1. The Morgan fingerprint density at radius 1 is 1.30 bits per heavy atom. The first-order chi connectivity index (χ1) is 10.8. The maximum absolute atomic E-state index is 12.6. The number of carboxylic acids is 1. The molecular formula is C15H12F3N3O2. The maximum Gasteiger partial charge on any atom is 0.416 e.